The summed E-state index contributed by atoms with van der Waals surface area (Å²) in [5.74, 6) is -0.0720. The van der Waals surface area contributed by atoms with Crippen molar-refractivity contribution in [3.05, 3.63) is 18.0 Å². The van der Waals surface area contributed by atoms with Crippen LogP contribution in [0.1, 0.15) is 30.4 Å². The molecule has 0 bridgehead atoms. The first kappa shape index (κ1) is 13.6. The van der Waals surface area contributed by atoms with E-state index in [1.807, 2.05) is 37.4 Å². The Labute approximate surface area is 103 Å². The molecule has 0 unspecified atom stereocenters. The molecule has 1 amide bonds. The monoisotopic (exact) mass is 238 g/mol. The van der Waals surface area contributed by atoms with Gasteiger partial charge in [-0.3, -0.25) is 4.79 Å². The maximum atomic E-state index is 12.0. The van der Waals surface area contributed by atoms with E-state index in [2.05, 4.69) is 5.32 Å². The van der Waals surface area contributed by atoms with Crippen LogP contribution in [0.15, 0.2) is 12.3 Å². The van der Waals surface area contributed by atoms with Crippen LogP contribution < -0.4 is 11.1 Å². The van der Waals surface area contributed by atoms with Crippen molar-refractivity contribution < 1.29 is 4.79 Å². The number of hydrogen-bond acceptors (Lipinski definition) is 3. The summed E-state index contributed by atoms with van der Waals surface area (Å²) < 4.78 is 1.89. The summed E-state index contributed by atoms with van der Waals surface area (Å²) in [7, 11) is 3.95. The highest BCUT2D eigenvalue weighted by Crippen LogP contribution is 2.16. The minimum Gasteiger partial charge on any atom is -0.397 e. The Morgan fingerprint density at radius 3 is 2.71 bits per heavy atom. The van der Waals surface area contributed by atoms with Gasteiger partial charge in [0.05, 0.1) is 5.69 Å². The number of likely N-dealkylation sites (N-methyl/N-ethyl adjacent to an activating group) is 1. The first-order valence-electron chi connectivity index (χ1n) is 5.82. The minimum atomic E-state index is -0.0720. The molecule has 1 rings (SSSR count). The van der Waals surface area contributed by atoms with Crippen molar-refractivity contribution in [3.63, 3.8) is 0 Å². The molecule has 1 heterocycles. The van der Waals surface area contributed by atoms with Crippen molar-refractivity contribution in [3.8, 4) is 0 Å². The van der Waals surface area contributed by atoms with Gasteiger partial charge >= 0.3 is 0 Å². The number of amides is 1. The van der Waals surface area contributed by atoms with Gasteiger partial charge in [0.2, 0.25) is 0 Å². The van der Waals surface area contributed by atoms with Gasteiger partial charge in [-0.25, -0.2) is 0 Å². The number of aromatic nitrogens is 1. The van der Waals surface area contributed by atoms with Crippen LogP contribution in [0.4, 0.5) is 5.69 Å². The number of rotatable bonds is 5. The number of nitrogen functional groups attached to an aromatic ring is 1. The van der Waals surface area contributed by atoms with Crippen molar-refractivity contribution in [2.45, 2.75) is 19.9 Å². The van der Waals surface area contributed by atoms with Crippen molar-refractivity contribution in [2.24, 2.45) is 0 Å². The van der Waals surface area contributed by atoms with Crippen LogP contribution in [-0.2, 0) is 0 Å². The number of carbonyl (C=O) groups is 1. The molecule has 0 aliphatic carbocycles. The maximum Gasteiger partial charge on any atom is 0.268 e. The van der Waals surface area contributed by atoms with Crippen molar-refractivity contribution in [1.29, 1.82) is 0 Å². The first-order chi connectivity index (χ1) is 7.91. The van der Waals surface area contributed by atoms with Crippen LogP contribution in [0.25, 0.3) is 0 Å². The van der Waals surface area contributed by atoms with Crippen molar-refractivity contribution >= 4 is 11.6 Å². The highest BCUT2D eigenvalue weighted by molar-refractivity contribution is 5.93. The zero-order valence-electron chi connectivity index (χ0n) is 11.0. The summed E-state index contributed by atoms with van der Waals surface area (Å²) in [6, 6.07) is 1.94. The number of carbonyl (C=O) groups excluding carboxylic acids is 1. The van der Waals surface area contributed by atoms with Crippen LogP contribution in [0.2, 0.25) is 0 Å². The highest BCUT2D eigenvalue weighted by Gasteiger charge is 2.14. The summed E-state index contributed by atoms with van der Waals surface area (Å²) in [5.41, 5.74) is 6.97. The van der Waals surface area contributed by atoms with E-state index in [0.717, 1.165) is 6.54 Å². The van der Waals surface area contributed by atoms with Gasteiger partial charge in [0, 0.05) is 25.3 Å². The lowest BCUT2D eigenvalue weighted by Crippen LogP contribution is -2.32. The Hall–Kier alpha value is -1.49. The molecule has 1 aromatic heterocycles. The van der Waals surface area contributed by atoms with Gasteiger partial charge in [-0.05, 0) is 34.0 Å². The molecule has 3 N–H and O–H groups in total. The smallest absolute Gasteiger partial charge is 0.268 e. The van der Waals surface area contributed by atoms with Crippen LogP contribution in [0.3, 0.4) is 0 Å². The fraction of sp³-hybridized carbons (Fsp3) is 0.583. The molecule has 5 nitrogen and oxygen atoms in total. The molecular weight excluding hydrogens is 216 g/mol. The Bertz CT molecular complexity index is 382. The third kappa shape index (κ3) is 3.78. The molecule has 0 aliphatic rings. The van der Waals surface area contributed by atoms with E-state index in [1.165, 1.54) is 0 Å². The van der Waals surface area contributed by atoms with E-state index in [9.17, 15) is 4.79 Å². The van der Waals surface area contributed by atoms with E-state index < -0.39 is 0 Å². The van der Waals surface area contributed by atoms with Crippen LogP contribution in [-0.4, -0.2) is 42.6 Å². The quantitative estimate of drug-likeness (QED) is 0.802. The number of nitrogens with zero attached hydrogens (tertiary/aromatic N) is 2. The average Bonchev–Trinajstić information content (AvgIpc) is 2.59. The fourth-order valence-corrected chi connectivity index (χ4v) is 1.59. The average molecular weight is 238 g/mol. The van der Waals surface area contributed by atoms with E-state index >= 15 is 0 Å². The second kappa shape index (κ2) is 5.72. The second-order valence-electron chi connectivity index (χ2n) is 4.72. The lowest BCUT2D eigenvalue weighted by molar-refractivity contribution is 0.0940. The topological polar surface area (TPSA) is 63.3 Å². The fourth-order valence-electron chi connectivity index (χ4n) is 1.59. The van der Waals surface area contributed by atoms with Gasteiger partial charge in [-0.2, -0.15) is 0 Å². The van der Waals surface area contributed by atoms with E-state index in [0.29, 0.717) is 17.9 Å². The molecule has 0 saturated carbocycles. The maximum absolute atomic E-state index is 12.0. The summed E-state index contributed by atoms with van der Waals surface area (Å²) in [6.07, 6.45) is 1.80. The highest BCUT2D eigenvalue weighted by atomic mass is 16.1. The van der Waals surface area contributed by atoms with Gasteiger partial charge in [0.15, 0.2) is 0 Å². The number of nitrogens with one attached hydrogen (secondary N) is 1. The zero-order chi connectivity index (χ0) is 13.0. The normalized spacial score (nSPS) is 11.2. The molecule has 96 valence electrons. The molecule has 0 fully saturated rings. The second-order valence-corrected chi connectivity index (χ2v) is 4.72. The summed E-state index contributed by atoms with van der Waals surface area (Å²) in [6.45, 7) is 5.50. The molecular formula is C12H22N4O. The Kier molecular flexibility index (Phi) is 4.57. The molecule has 0 aromatic carbocycles. The third-order valence-corrected chi connectivity index (χ3v) is 2.50. The summed E-state index contributed by atoms with van der Waals surface area (Å²) in [4.78, 5) is 14.0. The molecule has 0 aliphatic heterocycles. The van der Waals surface area contributed by atoms with Crippen molar-refractivity contribution in [1.82, 2.24) is 14.8 Å². The van der Waals surface area contributed by atoms with Gasteiger partial charge in [0.1, 0.15) is 5.69 Å². The number of nitrogens with two attached hydrogens (primary N) is 1. The Morgan fingerprint density at radius 1 is 1.53 bits per heavy atom. The molecule has 0 saturated heterocycles. The first-order valence-corrected chi connectivity index (χ1v) is 5.82. The van der Waals surface area contributed by atoms with E-state index in [-0.39, 0.29) is 11.9 Å². The predicted molar refractivity (Wildman–Crippen MR) is 70.1 cm³/mol. The SMILES string of the molecule is CC(C)n1cc(N)cc1C(=O)NCCN(C)C. The Balaban J connectivity index is 2.68. The van der Waals surface area contributed by atoms with Gasteiger partial charge in [-0.15, -0.1) is 0 Å². The van der Waals surface area contributed by atoms with Gasteiger partial charge < -0.3 is 20.5 Å². The number of hydrogen-bond donors (Lipinski definition) is 2. The molecule has 0 spiro atoms. The molecule has 5 heteroatoms. The molecule has 0 radical (unpaired) electrons. The van der Waals surface area contributed by atoms with Crippen LogP contribution in [0.5, 0.6) is 0 Å². The third-order valence-electron chi connectivity index (χ3n) is 2.50. The molecule has 0 atom stereocenters. The van der Waals surface area contributed by atoms with Gasteiger partial charge in [-0.1, -0.05) is 0 Å². The largest absolute Gasteiger partial charge is 0.397 e. The van der Waals surface area contributed by atoms with E-state index in [1.54, 1.807) is 12.3 Å². The lowest BCUT2D eigenvalue weighted by atomic mass is 10.3. The minimum absolute atomic E-state index is 0.0720. The zero-order valence-corrected chi connectivity index (χ0v) is 11.0. The summed E-state index contributed by atoms with van der Waals surface area (Å²) in [5, 5.41) is 2.88. The molecule has 17 heavy (non-hydrogen) atoms. The van der Waals surface area contributed by atoms with Crippen LogP contribution in [0, 0.1) is 0 Å². The van der Waals surface area contributed by atoms with E-state index in [4.69, 9.17) is 5.73 Å². The van der Waals surface area contributed by atoms with Crippen molar-refractivity contribution in [2.75, 3.05) is 32.9 Å². The molecule has 1 aromatic rings. The van der Waals surface area contributed by atoms with Gasteiger partial charge in [0.25, 0.3) is 5.91 Å². The lowest BCUT2D eigenvalue weighted by Gasteiger charge is -2.14. The van der Waals surface area contributed by atoms with Crippen LogP contribution >= 0.6 is 0 Å². The standard InChI is InChI=1S/C12H22N4O/c1-9(2)16-8-10(13)7-11(16)12(17)14-5-6-15(3)4/h7-9H,5-6,13H2,1-4H3,(H,14,17). The summed E-state index contributed by atoms with van der Waals surface area (Å²) >= 11 is 0. The number of anilines is 1. The predicted octanol–water partition coefficient (Wildman–Crippen LogP) is 0.943. The Morgan fingerprint density at radius 2 is 2.18 bits per heavy atom.